The van der Waals surface area contributed by atoms with Crippen molar-refractivity contribution in [1.82, 2.24) is 9.21 Å². The predicted molar refractivity (Wildman–Crippen MR) is 104 cm³/mol. The van der Waals surface area contributed by atoms with Gasteiger partial charge in [0.2, 0.25) is 10.0 Å². The number of hydrogen-bond acceptors (Lipinski definition) is 4. The number of rotatable bonds is 4. The minimum Gasteiger partial charge on any atom is -0.444 e. The van der Waals surface area contributed by atoms with Crippen molar-refractivity contribution in [2.24, 2.45) is 5.92 Å². The number of nitrogens with zero attached hydrogens (tertiary/aromatic N) is 2. The van der Waals surface area contributed by atoms with Crippen LogP contribution >= 0.6 is 15.9 Å². The summed E-state index contributed by atoms with van der Waals surface area (Å²) in [6.07, 6.45) is 1.27. The first kappa shape index (κ1) is 21.2. The number of benzene rings is 1. The van der Waals surface area contributed by atoms with Crippen molar-refractivity contribution in [2.75, 3.05) is 26.7 Å². The summed E-state index contributed by atoms with van der Waals surface area (Å²) >= 11 is 3.33. The third-order valence-electron chi connectivity index (χ3n) is 4.17. The van der Waals surface area contributed by atoms with E-state index in [-0.39, 0.29) is 16.9 Å². The Bertz CT molecular complexity index is 746. The van der Waals surface area contributed by atoms with Crippen molar-refractivity contribution in [1.29, 1.82) is 0 Å². The van der Waals surface area contributed by atoms with Gasteiger partial charge in [0.15, 0.2) is 0 Å². The number of amides is 1. The second-order valence-corrected chi connectivity index (χ2v) is 10.4. The molecular weight excluding hydrogens is 420 g/mol. The van der Waals surface area contributed by atoms with Gasteiger partial charge in [0.05, 0.1) is 4.90 Å². The molecule has 1 heterocycles. The number of carbonyl (C=O) groups is 1. The Balaban J connectivity index is 2.05. The fourth-order valence-electron chi connectivity index (χ4n) is 2.99. The van der Waals surface area contributed by atoms with E-state index in [1.807, 2.05) is 20.8 Å². The molecule has 26 heavy (non-hydrogen) atoms. The topological polar surface area (TPSA) is 66.9 Å². The smallest absolute Gasteiger partial charge is 0.410 e. The normalized spacial score (nSPS) is 19.2. The molecule has 0 aromatic heterocycles. The van der Waals surface area contributed by atoms with Crippen molar-refractivity contribution >= 4 is 32.0 Å². The van der Waals surface area contributed by atoms with E-state index in [1.54, 1.807) is 31.3 Å². The number of ether oxygens (including phenoxy) is 1. The van der Waals surface area contributed by atoms with Crippen molar-refractivity contribution < 1.29 is 17.9 Å². The quantitative estimate of drug-likeness (QED) is 0.706. The van der Waals surface area contributed by atoms with Crippen LogP contribution in [0, 0.1) is 5.92 Å². The van der Waals surface area contributed by atoms with Gasteiger partial charge in [-0.2, -0.15) is 4.31 Å². The molecule has 1 aliphatic heterocycles. The molecule has 1 saturated heterocycles. The van der Waals surface area contributed by atoms with E-state index in [0.29, 0.717) is 24.1 Å². The molecule has 0 bridgehead atoms. The molecule has 0 N–H and O–H groups in total. The zero-order chi connectivity index (χ0) is 19.5. The van der Waals surface area contributed by atoms with Crippen LogP contribution in [0.2, 0.25) is 0 Å². The summed E-state index contributed by atoms with van der Waals surface area (Å²) < 4.78 is 33.4. The average Bonchev–Trinajstić information content (AvgIpc) is 2.53. The zero-order valence-electron chi connectivity index (χ0n) is 15.7. The van der Waals surface area contributed by atoms with Gasteiger partial charge >= 0.3 is 6.09 Å². The van der Waals surface area contributed by atoms with Crippen molar-refractivity contribution in [3.63, 3.8) is 0 Å². The average molecular weight is 447 g/mol. The van der Waals surface area contributed by atoms with Gasteiger partial charge in [0.1, 0.15) is 5.60 Å². The lowest BCUT2D eigenvalue weighted by Crippen LogP contribution is -2.45. The van der Waals surface area contributed by atoms with E-state index in [9.17, 15) is 13.2 Å². The third kappa shape index (κ3) is 5.44. The molecule has 146 valence electrons. The zero-order valence-corrected chi connectivity index (χ0v) is 18.1. The molecule has 1 aliphatic rings. The second kappa shape index (κ2) is 8.27. The van der Waals surface area contributed by atoms with Crippen LogP contribution in [0.25, 0.3) is 0 Å². The number of piperidine rings is 1. The van der Waals surface area contributed by atoms with E-state index >= 15 is 0 Å². The van der Waals surface area contributed by atoms with Gasteiger partial charge in [-0.3, -0.25) is 0 Å². The summed E-state index contributed by atoms with van der Waals surface area (Å²) in [6, 6.07) is 6.84. The summed E-state index contributed by atoms with van der Waals surface area (Å²) in [5.41, 5.74) is -0.549. The molecule has 2 rings (SSSR count). The fraction of sp³-hybridized carbons (Fsp3) is 0.611. The number of hydrogen-bond donors (Lipinski definition) is 0. The van der Waals surface area contributed by atoms with Crippen LogP contribution in [0.4, 0.5) is 4.79 Å². The molecule has 1 unspecified atom stereocenters. The highest BCUT2D eigenvalue weighted by atomic mass is 79.9. The predicted octanol–water partition coefficient (Wildman–Crippen LogP) is 3.72. The van der Waals surface area contributed by atoms with Gasteiger partial charge in [0.25, 0.3) is 0 Å². The SMILES string of the molecule is CN(CC1CCCN(S(=O)(=O)c2ccccc2Br)C1)C(=O)OC(C)(C)C. The third-order valence-corrected chi connectivity index (χ3v) is 7.05. The summed E-state index contributed by atoms with van der Waals surface area (Å²) in [6.45, 7) is 6.84. The number of sulfonamides is 1. The summed E-state index contributed by atoms with van der Waals surface area (Å²) in [7, 11) is -1.87. The van der Waals surface area contributed by atoms with Gasteiger partial charge in [-0.25, -0.2) is 13.2 Å². The van der Waals surface area contributed by atoms with Crippen LogP contribution < -0.4 is 0 Å². The molecule has 0 saturated carbocycles. The molecule has 1 aromatic carbocycles. The van der Waals surface area contributed by atoms with Gasteiger partial charge in [-0.05, 0) is 67.6 Å². The minimum absolute atomic E-state index is 0.0820. The maximum atomic E-state index is 13.0. The van der Waals surface area contributed by atoms with Crippen LogP contribution in [0.5, 0.6) is 0 Å². The molecule has 1 fully saturated rings. The van der Waals surface area contributed by atoms with Crippen LogP contribution in [-0.2, 0) is 14.8 Å². The summed E-state index contributed by atoms with van der Waals surface area (Å²) in [5.74, 6) is 0.0820. The van der Waals surface area contributed by atoms with Gasteiger partial charge in [-0.1, -0.05) is 12.1 Å². The Morgan fingerprint density at radius 1 is 1.35 bits per heavy atom. The van der Waals surface area contributed by atoms with E-state index in [0.717, 1.165) is 12.8 Å². The molecule has 0 aliphatic carbocycles. The Labute approximate surface area is 164 Å². The number of halogens is 1. The fourth-order valence-corrected chi connectivity index (χ4v) is 5.51. The lowest BCUT2D eigenvalue weighted by molar-refractivity contribution is 0.0258. The highest BCUT2D eigenvalue weighted by Gasteiger charge is 2.32. The van der Waals surface area contributed by atoms with Crippen LogP contribution in [0.15, 0.2) is 33.6 Å². The first-order chi connectivity index (χ1) is 12.0. The molecule has 1 atom stereocenters. The molecule has 1 aromatic rings. The lowest BCUT2D eigenvalue weighted by atomic mass is 9.99. The standard InChI is InChI=1S/C18H27BrN2O4S/c1-18(2,3)25-17(22)20(4)12-14-8-7-11-21(13-14)26(23,24)16-10-6-5-9-15(16)19/h5-6,9-10,14H,7-8,11-13H2,1-4H3. The van der Waals surface area contributed by atoms with Gasteiger partial charge in [-0.15, -0.1) is 0 Å². The highest BCUT2D eigenvalue weighted by molar-refractivity contribution is 9.10. The van der Waals surface area contributed by atoms with E-state index in [4.69, 9.17) is 4.74 Å². The van der Waals surface area contributed by atoms with E-state index < -0.39 is 15.6 Å². The number of carbonyl (C=O) groups excluding carboxylic acids is 1. The van der Waals surface area contributed by atoms with Crippen molar-refractivity contribution in [2.45, 2.75) is 44.1 Å². The Morgan fingerprint density at radius 2 is 2.00 bits per heavy atom. The largest absolute Gasteiger partial charge is 0.444 e. The summed E-state index contributed by atoms with van der Waals surface area (Å²) in [5, 5.41) is 0. The van der Waals surface area contributed by atoms with Crippen LogP contribution in [0.3, 0.4) is 0 Å². The summed E-state index contributed by atoms with van der Waals surface area (Å²) in [4.78, 5) is 14.0. The Hall–Kier alpha value is -1.12. The maximum absolute atomic E-state index is 13.0. The minimum atomic E-state index is -3.56. The first-order valence-corrected chi connectivity index (χ1v) is 10.9. The maximum Gasteiger partial charge on any atom is 0.410 e. The molecule has 8 heteroatoms. The molecule has 6 nitrogen and oxygen atoms in total. The second-order valence-electron chi connectivity index (χ2n) is 7.66. The molecular formula is C18H27BrN2O4S. The molecule has 0 spiro atoms. The van der Waals surface area contributed by atoms with Crippen molar-refractivity contribution in [3.8, 4) is 0 Å². The first-order valence-electron chi connectivity index (χ1n) is 8.69. The van der Waals surface area contributed by atoms with Crippen LogP contribution in [0.1, 0.15) is 33.6 Å². The molecule has 1 amide bonds. The highest BCUT2D eigenvalue weighted by Crippen LogP contribution is 2.28. The van der Waals surface area contributed by atoms with Crippen LogP contribution in [-0.4, -0.2) is 56.0 Å². The monoisotopic (exact) mass is 446 g/mol. The lowest BCUT2D eigenvalue weighted by Gasteiger charge is -2.34. The molecule has 0 radical (unpaired) electrons. The van der Waals surface area contributed by atoms with E-state index in [1.165, 1.54) is 9.21 Å². The Morgan fingerprint density at radius 3 is 2.62 bits per heavy atom. The van der Waals surface area contributed by atoms with Gasteiger partial charge in [0, 0.05) is 31.2 Å². The Kier molecular flexibility index (Phi) is 6.74. The van der Waals surface area contributed by atoms with Crippen molar-refractivity contribution in [3.05, 3.63) is 28.7 Å². The van der Waals surface area contributed by atoms with E-state index in [2.05, 4.69) is 15.9 Å². The van der Waals surface area contributed by atoms with Gasteiger partial charge < -0.3 is 9.64 Å².